The second-order valence-corrected chi connectivity index (χ2v) is 4.85. The van der Waals surface area contributed by atoms with Crippen LogP contribution in [-0.2, 0) is 0 Å². The molecule has 0 heterocycles. The van der Waals surface area contributed by atoms with Crippen molar-refractivity contribution in [3.8, 4) is 0 Å². The summed E-state index contributed by atoms with van der Waals surface area (Å²) in [4.78, 5) is 0. The Morgan fingerprint density at radius 3 is 2.27 bits per heavy atom. The lowest BCUT2D eigenvalue weighted by Crippen LogP contribution is -2.29. The van der Waals surface area contributed by atoms with Gasteiger partial charge in [0, 0.05) is 12.2 Å². The maximum Gasteiger partial charge on any atom is 0.0763 e. The fourth-order valence-electron chi connectivity index (χ4n) is 1.46. The molecule has 0 atom stereocenters. The monoisotopic (exact) mass is 207 g/mol. The summed E-state index contributed by atoms with van der Waals surface area (Å²) in [5.41, 5.74) is 4.32. The van der Waals surface area contributed by atoms with Crippen molar-refractivity contribution < 1.29 is 5.11 Å². The van der Waals surface area contributed by atoms with Crippen LogP contribution in [0.4, 0.5) is 5.69 Å². The Bertz CT molecular complexity index is 350. The van der Waals surface area contributed by atoms with E-state index in [1.165, 1.54) is 16.7 Å². The van der Waals surface area contributed by atoms with Crippen LogP contribution in [0, 0.1) is 20.8 Å². The fraction of sp³-hybridized carbons (Fsp3) is 0.538. The molecule has 0 saturated carbocycles. The number of hydrogen-bond acceptors (Lipinski definition) is 2. The maximum atomic E-state index is 9.63. The minimum atomic E-state index is -0.675. The first-order valence-corrected chi connectivity index (χ1v) is 5.34. The Morgan fingerprint density at radius 1 is 1.13 bits per heavy atom. The van der Waals surface area contributed by atoms with Gasteiger partial charge in [-0.1, -0.05) is 6.07 Å². The molecule has 2 nitrogen and oxygen atoms in total. The molecular formula is C13H21NO. The van der Waals surface area contributed by atoms with E-state index < -0.39 is 5.60 Å². The quantitative estimate of drug-likeness (QED) is 0.798. The van der Waals surface area contributed by atoms with Crippen molar-refractivity contribution >= 4 is 5.69 Å². The molecule has 15 heavy (non-hydrogen) atoms. The zero-order chi connectivity index (χ0) is 11.6. The van der Waals surface area contributed by atoms with E-state index in [0.29, 0.717) is 6.54 Å². The molecule has 0 saturated heterocycles. The lowest BCUT2D eigenvalue weighted by molar-refractivity contribution is 0.0945. The third kappa shape index (κ3) is 3.24. The SMILES string of the molecule is Cc1ccc(NCC(C)(C)O)c(C)c1C. The first-order chi connectivity index (χ1) is 6.81. The molecule has 0 radical (unpaired) electrons. The standard InChI is InChI=1S/C13H21NO/c1-9-6-7-12(11(3)10(9)2)14-8-13(4,5)15/h6-7,14-15H,8H2,1-5H3. The van der Waals surface area contributed by atoms with Crippen LogP contribution in [0.2, 0.25) is 0 Å². The molecule has 1 aromatic carbocycles. The first-order valence-electron chi connectivity index (χ1n) is 5.34. The number of nitrogens with one attached hydrogen (secondary N) is 1. The molecule has 0 aliphatic carbocycles. The van der Waals surface area contributed by atoms with E-state index in [-0.39, 0.29) is 0 Å². The molecule has 0 fully saturated rings. The van der Waals surface area contributed by atoms with Gasteiger partial charge in [-0.15, -0.1) is 0 Å². The summed E-state index contributed by atoms with van der Waals surface area (Å²) in [5, 5.41) is 12.9. The van der Waals surface area contributed by atoms with Gasteiger partial charge in [0.15, 0.2) is 0 Å². The second-order valence-electron chi connectivity index (χ2n) is 4.85. The van der Waals surface area contributed by atoms with Crippen LogP contribution in [0.25, 0.3) is 0 Å². The van der Waals surface area contributed by atoms with Crippen LogP contribution < -0.4 is 5.32 Å². The normalized spacial score (nSPS) is 11.6. The molecule has 0 bridgehead atoms. The van der Waals surface area contributed by atoms with Crippen LogP contribution in [0.3, 0.4) is 0 Å². The lowest BCUT2D eigenvalue weighted by atomic mass is 10.0. The van der Waals surface area contributed by atoms with E-state index in [2.05, 4.69) is 38.2 Å². The van der Waals surface area contributed by atoms with Crippen LogP contribution in [-0.4, -0.2) is 17.3 Å². The summed E-state index contributed by atoms with van der Waals surface area (Å²) in [6, 6.07) is 4.18. The highest BCUT2D eigenvalue weighted by Gasteiger charge is 2.12. The third-order valence-electron chi connectivity index (χ3n) is 2.77. The minimum Gasteiger partial charge on any atom is -0.389 e. The highest BCUT2D eigenvalue weighted by Crippen LogP contribution is 2.21. The molecule has 1 rings (SSSR count). The van der Waals surface area contributed by atoms with Gasteiger partial charge in [-0.2, -0.15) is 0 Å². The second kappa shape index (κ2) is 4.23. The molecule has 1 aromatic rings. The molecule has 0 aromatic heterocycles. The number of benzene rings is 1. The molecule has 0 amide bonds. The van der Waals surface area contributed by atoms with Crippen LogP contribution in [0.5, 0.6) is 0 Å². The van der Waals surface area contributed by atoms with E-state index in [1.54, 1.807) is 13.8 Å². The molecular weight excluding hydrogens is 186 g/mol. The van der Waals surface area contributed by atoms with Gasteiger partial charge in [0.1, 0.15) is 0 Å². The van der Waals surface area contributed by atoms with Crippen molar-refractivity contribution in [2.45, 2.75) is 40.2 Å². The minimum absolute atomic E-state index is 0.566. The zero-order valence-electron chi connectivity index (χ0n) is 10.3. The molecule has 0 spiro atoms. The van der Waals surface area contributed by atoms with Crippen LogP contribution in [0.1, 0.15) is 30.5 Å². The lowest BCUT2D eigenvalue weighted by Gasteiger charge is -2.20. The van der Waals surface area contributed by atoms with Gasteiger partial charge in [-0.25, -0.2) is 0 Å². The van der Waals surface area contributed by atoms with E-state index in [9.17, 15) is 5.11 Å². The molecule has 2 heteroatoms. The molecule has 0 unspecified atom stereocenters. The average Bonchev–Trinajstić information content (AvgIpc) is 2.12. The van der Waals surface area contributed by atoms with Gasteiger partial charge in [-0.3, -0.25) is 0 Å². The Kier molecular flexibility index (Phi) is 3.40. The summed E-state index contributed by atoms with van der Waals surface area (Å²) < 4.78 is 0. The predicted octanol–water partition coefficient (Wildman–Crippen LogP) is 2.79. The van der Waals surface area contributed by atoms with Gasteiger partial charge in [0.05, 0.1) is 5.60 Å². The van der Waals surface area contributed by atoms with Crippen molar-refractivity contribution in [1.82, 2.24) is 0 Å². The van der Waals surface area contributed by atoms with E-state index in [1.807, 2.05) is 0 Å². The van der Waals surface area contributed by atoms with E-state index in [0.717, 1.165) is 5.69 Å². The predicted molar refractivity (Wildman–Crippen MR) is 65.4 cm³/mol. The smallest absolute Gasteiger partial charge is 0.0763 e. The summed E-state index contributed by atoms with van der Waals surface area (Å²) in [6.07, 6.45) is 0. The van der Waals surface area contributed by atoms with Crippen molar-refractivity contribution in [2.75, 3.05) is 11.9 Å². The van der Waals surface area contributed by atoms with E-state index in [4.69, 9.17) is 0 Å². The van der Waals surface area contributed by atoms with Gasteiger partial charge in [0.2, 0.25) is 0 Å². The summed E-state index contributed by atoms with van der Waals surface area (Å²) >= 11 is 0. The third-order valence-corrected chi connectivity index (χ3v) is 2.77. The Hall–Kier alpha value is -1.02. The Morgan fingerprint density at radius 2 is 1.73 bits per heavy atom. The number of anilines is 1. The van der Waals surface area contributed by atoms with Crippen molar-refractivity contribution in [1.29, 1.82) is 0 Å². The van der Waals surface area contributed by atoms with Gasteiger partial charge in [0.25, 0.3) is 0 Å². The molecule has 84 valence electrons. The van der Waals surface area contributed by atoms with E-state index >= 15 is 0 Å². The van der Waals surface area contributed by atoms with Crippen molar-refractivity contribution in [3.05, 3.63) is 28.8 Å². The van der Waals surface area contributed by atoms with Gasteiger partial charge >= 0.3 is 0 Å². The van der Waals surface area contributed by atoms with Gasteiger partial charge < -0.3 is 10.4 Å². The number of hydrogen-bond donors (Lipinski definition) is 2. The summed E-state index contributed by atoms with van der Waals surface area (Å²) in [7, 11) is 0. The molecule has 2 N–H and O–H groups in total. The number of aliphatic hydroxyl groups is 1. The summed E-state index contributed by atoms with van der Waals surface area (Å²) in [5.74, 6) is 0. The number of rotatable bonds is 3. The highest BCUT2D eigenvalue weighted by atomic mass is 16.3. The average molecular weight is 207 g/mol. The molecule has 0 aliphatic rings. The van der Waals surface area contributed by atoms with Crippen molar-refractivity contribution in [2.24, 2.45) is 0 Å². The first kappa shape index (κ1) is 12.1. The van der Waals surface area contributed by atoms with Crippen molar-refractivity contribution in [3.63, 3.8) is 0 Å². The Labute approximate surface area is 92.3 Å². The Balaban J connectivity index is 2.83. The summed E-state index contributed by atoms with van der Waals surface area (Å²) in [6.45, 7) is 10.5. The van der Waals surface area contributed by atoms with Crippen LogP contribution in [0.15, 0.2) is 12.1 Å². The van der Waals surface area contributed by atoms with Gasteiger partial charge in [-0.05, 0) is 57.4 Å². The largest absolute Gasteiger partial charge is 0.389 e. The highest BCUT2D eigenvalue weighted by molar-refractivity contribution is 5.56. The fourth-order valence-corrected chi connectivity index (χ4v) is 1.46. The zero-order valence-corrected chi connectivity index (χ0v) is 10.3. The topological polar surface area (TPSA) is 32.3 Å². The molecule has 0 aliphatic heterocycles. The maximum absolute atomic E-state index is 9.63. The van der Waals surface area contributed by atoms with Crippen LogP contribution >= 0.6 is 0 Å². The number of aryl methyl sites for hydroxylation is 1.